The van der Waals surface area contributed by atoms with Gasteiger partial charge in [0.1, 0.15) is 5.78 Å². The Morgan fingerprint density at radius 2 is 1.79 bits per heavy atom. The molecule has 4 heteroatoms. The van der Waals surface area contributed by atoms with Crippen LogP contribution in [-0.2, 0) is 9.59 Å². The van der Waals surface area contributed by atoms with Gasteiger partial charge in [-0.25, -0.2) is 0 Å². The van der Waals surface area contributed by atoms with E-state index in [1.807, 2.05) is 33.8 Å². The Labute approximate surface area is 143 Å². The number of hydrogen-bond acceptors (Lipinski definition) is 4. The van der Waals surface area contributed by atoms with Crippen molar-refractivity contribution in [2.75, 3.05) is 0 Å². The molecule has 0 aliphatic heterocycles. The van der Waals surface area contributed by atoms with Crippen molar-refractivity contribution in [2.45, 2.75) is 59.2 Å². The number of aliphatic hydroxyl groups is 2. The van der Waals surface area contributed by atoms with Crippen LogP contribution in [0.4, 0.5) is 0 Å². The molecule has 0 aromatic heterocycles. The lowest BCUT2D eigenvalue weighted by molar-refractivity contribution is -0.173. The van der Waals surface area contributed by atoms with Crippen molar-refractivity contribution in [3.63, 3.8) is 0 Å². The van der Waals surface area contributed by atoms with Gasteiger partial charge in [0.05, 0.1) is 12.2 Å². The largest absolute Gasteiger partial charge is 0.392 e. The summed E-state index contributed by atoms with van der Waals surface area (Å²) in [7, 11) is 0. The monoisotopic (exact) mass is 332 g/mol. The first kappa shape index (κ1) is 17.6. The maximum atomic E-state index is 13.0. The molecular formula is C20H28O4. The first-order chi connectivity index (χ1) is 11.0. The average Bonchev–Trinajstić information content (AvgIpc) is 2.48. The molecule has 2 fully saturated rings. The van der Waals surface area contributed by atoms with Crippen molar-refractivity contribution in [3.05, 3.63) is 24.3 Å². The minimum absolute atomic E-state index is 0.00993. The van der Waals surface area contributed by atoms with Crippen LogP contribution in [0.5, 0.6) is 0 Å². The van der Waals surface area contributed by atoms with Gasteiger partial charge in [0.25, 0.3) is 0 Å². The number of allylic oxidation sites excluding steroid dienone is 2. The van der Waals surface area contributed by atoms with Gasteiger partial charge in [-0.15, -0.1) is 6.58 Å². The first-order valence-corrected chi connectivity index (χ1v) is 8.76. The molecule has 132 valence electrons. The maximum absolute atomic E-state index is 13.0. The molecule has 0 radical (unpaired) electrons. The summed E-state index contributed by atoms with van der Waals surface area (Å²) >= 11 is 0. The van der Waals surface area contributed by atoms with Crippen molar-refractivity contribution in [1.82, 2.24) is 0 Å². The van der Waals surface area contributed by atoms with E-state index in [0.29, 0.717) is 12.0 Å². The number of Topliss-reactive ketones (excluding diaryl/α,β-unsaturated/α-hetero) is 2. The molecule has 3 aliphatic rings. The summed E-state index contributed by atoms with van der Waals surface area (Å²) in [5, 5.41) is 21.3. The molecule has 0 bridgehead atoms. The number of rotatable bonds is 1. The number of carbonyl (C=O) groups excluding carboxylic acids is 2. The Balaban J connectivity index is 2.18. The Morgan fingerprint density at radius 1 is 1.17 bits per heavy atom. The molecule has 2 N–H and O–H groups in total. The fourth-order valence-electron chi connectivity index (χ4n) is 5.42. The number of ketones is 2. The van der Waals surface area contributed by atoms with Gasteiger partial charge < -0.3 is 10.2 Å². The minimum Gasteiger partial charge on any atom is -0.392 e. The van der Waals surface area contributed by atoms with Gasteiger partial charge in [-0.3, -0.25) is 9.59 Å². The van der Waals surface area contributed by atoms with E-state index in [2.05, 4.69) is 6.58 Å². The Hall–Kier alpha value is -1.26. The predicted octanol–water partition coefficient (Wildman–Crippen LogP) is 2.44. The van der Waals surface area contributed by atoms with Crippen molar-refractivity contribution in [1.29, 1.82) is 0 Å². The molecule has 0 aromatic carbocycles. The normalized spacial score (nSPS) is 47.5. The maximum Gasteiger partial charge on any atom is 0.159 e. The lowest BCUT2D eigenvalue weighted by Crippen LogP contribution is -2.63. The molecule has 4 nitrogen and oxygen atoms in total. The van der Waals surface area contributed by atoms with Crippen molar-refractivity contribution >= 4 is 11.6 Å². The summed E-state index contributed by atoms with van der Waals surface area (Å²) in [4.78, 5) is 25.8. The molecule has 0 aromatic rings. The highest BCUT2D eigenvalue weighted by atomic mass is 16.3. The second kappa shape index (κ2) is 5.12. The highest BCUT2D eigenvalue weighted by molar-refractivity contribution is 6.01. The van der Waals surface area contributed by atoms with Gasteiger partial charge in [-0.1, -0.05) is 39.8 Å². The van der Waals surface area contributed by atoms with Crippen LogP contribution in [0.15, 0.2) is 24.3 Å². The lowest BCUT2D eigenvalue weighted by Gasteiger charge is -2.59. The summed E-state index contributed by atoms with van der Waals surface area (Å²) in [5.41, 5.74) is -1.21. The van der Waals surface area contributed by atoms with Crippen LogP contribution in [0, 0.1) is 28.1 Å². The van der Waals surface area contributed by atoms with Crippen LogP contribution in [0.1, 0.15) is 47.0 Å². The summed E-state index contributed by atoms with van der Waals surface area (Å²) in [6.07, 6.45) is 2.94. The molecule has 0 saturated heterocycles. The molecule has 24 heavy (non-hydrogen) atoms. The average molecular weight is 332 g/mol. The third-order valence-corrected chi connectivity index (χ3v) is 7.14. The molecule has 2 saturated carbocycles. The SMILES string of the molecule is C=C[C@]1(C)C=C2C(=O)C[C@H]3C(C)(C)[C@@H](O)CC(=O)[C@]3(C)[C@H]2[C@H](O)C1. The van der Waals surface area contributed by atoms with Crippen LogP contribution in [0.3, 0.4) is 0 Å². The van der Waals surface area contributed by atoms with Gasteiger partial charge in [-0.2, -0.15) is 0 Å². The van der Waals surface area contributed by atoms with E-state index >= 15 is 0 Å². The van der Waals surface area contributed by atoms with Crippen LogP contribution >= 0.6 is 0 Å². The van der Waals surface area contributed by atoms with Gasteiger partial charge in [0.2, 0.25) is 0 Å². The molecule has 0 heterocycles. The Bertz CT molecular complexity index is 646. The van der Waals surface area contributed by atoms with E-state index < -0.39 is 34.4 Å². The minimum atomic E-state index is -0.815. The molecule has 3 rings (SSSR count). The smallest absolute Gasteiger partial charge is 0.159 e. The third-order valence-electron chi connectivity index (χ3n) is 7.14. The van der Waals surface area contributed by atoms with Gasteiger partial charge >= 0.3 is 0 Å². The number of carbonyl (C=O) groups is 2. The second-order valence-electron chi connectivity index (χ2n) is 8.99. The zero-order valence-electron chi connectivity index (χ0n) is 15.0. The number of aliphatic hydroxyl groups excluding tert-OH is 2. The highest BCUT2D eigenvalue weighted by Crippen LogP contribution is 2.61. The zero-order valence-corrected chi connectivity index (χ0v) is 15.0. The summed E-state index contributed by atoms with van der Waals surface area (Å²) in [5.74, 6) is -0.803. The zero-order chi connectivity index (χ0) is 18.1. The van der Waals surface area contributed by atoms with E-state index in [9.17, 15) is 19.8 Å². The molecule has 0 spiro atoms. The molecule has 3 aliphatic carbocycles. The second-order valence-corrected chi connectivity index (χ2v) is 8.99. The highest BCUT2D eigenvalue weighted by Gasteiger charge is 2.64. The topological polar surface area (TPSA) is 74.6 Å². The first-order valence-electron chi connectivity index (χ1n) is 8.76. The van der Waals surface area contributed by atoms with E-state index in [1.54, 1.807) is 6.08 Å². The Kier molecular flexibility index (Phi) is 3.75. The van der Waals surface area contributed by atoms with Crippen LogP contribution in [0.2, 0.25) is 0 Å². The van der Waals surface area contributed by atoms with Gasteiger partial charge in [-0.05, 0) is 23.3 Å². The summed E-state index contributed by atoms with van der Waals surface area (Å²) in [6.45, 7) is 11.5. The van der Waals surface area contributed by atoms with Gasteiger partial charge in [0, 0.05) is 29.6 Å². The summed E-state index contributed by atoms with van der Waals surface area (Å²) in [6, 6.07) is 0. The van der Waals surface area contributed by atoms with E-state index in [1.165, 1.54) is 0 Å². The van der Waals surface area contributed by atoms with Crippen molar-refractivity contribution in [2.24, 2.45) is 28.1 Å². The van der Waals surface area contributed by atoms with E-state index in [-0.39, 0.29) is 30.3 Å². The van der Waals surface area contributed by atoms with Gasteiger partial charge in [0.15, 0.2) is 5.78 Å². The fraction of sp³-hybridized carbons (Fsp3) is 0.700. The number of fused-ring (bicyclic) bond motifs is 3. The lowest BCUT2D eigenvalue weighted by atomic mass is 9.44. The number of hydrogen-bond donors (Lipinski definition) is 2. The van der Waals surface area contributed by atoms with E-state index in [4.69, 9.17) is 0 Å². The fourth-order valence-corrected chi connectivity index (χ4v) is 5.42. The molecular weight excluding hydrogens is 304 g/mol. The van der Waals surface area contributed by atoms with Crippen LogP contribution in [-0.4, -0.2) is 34.0 Å². The quantitative estimate of drug-likeness (QED) is 0.723. The van der Waals surface area contributed by atoms with Crippen LogP contribution in [0.25, 0.3) is 0 Å². The molecule has 0 unspecified atom stereocenters. The Morgan fingerprint density at radius 3 is 2.38 bits per heavy atom. The standard InChI is InChI=1S/C20H28O4/c1-6-19(4)9-11-12(21)7-14-18(2,3)15(23)8-16(24)20(14,5)17(11)13(22)10-19/h6,9,13-15,17,22-23H,1,7-8,10H2,2-5H3/t13-,14+,15+,17-,19-,20-/m1/s1. The molecule has 0 amide bonds. The van der Waals surface area contributed by atoms with Crippen molar-refractivity contribution in [3.8, 4) is 0 Å². The predicted molar refractivity (Wildman–Crippen MR) is 91.1 cm³/mol. The molecule has 6 atom stereocenters. The van der Waals surface area contributed by atoms with Crippen molar-refractivity contribution < 1.29 is 19.8 Å². The summed E-state index contributed by atoms with van der Waals surface area (Å²) < 4.78 is 0. The van der Waals surface area contributed by atoms with E-state index in [0.717, 1.165) is 0 Å². The third kappa shape index (κ3) is 2.12. The van der Waals surface area contributed by atoms with Crippen LogP contribution < -0.4 is 0 Å².